The first-order valence-corrected chi connectivity index (χ1v) is 4.55. The summed E-state index contributed by atoms with van der Waals surface area (Å²) in [6.07, 6.45) is -0.109. The summed E-state index contributed by atoms with van der Waals surface area (Å²) in [5, 5.41) is 11.3. The summed E-state index contributed by atoms with van der Waals surface area (Å²) < 4.78 is 12.7. The lowest BCUT2D eigenvalue weighted by Gasteiger charge is -2.11. The van der Waals surface area contributed by atoms with Crippen molar-refractivity contribution in [1.82, 2.24) is 0 Å². The van der Waals surface area contributed by atoms with Crippen LogP contribution in [0.2, 0.25) is 0 Å². The largest absolute Gasteiger partial charge is 0.481 e. The van der Waals surface area contributed by atoms with E-state index in [9.17, 15) is 9.18 Å². The van der Waals surface area contributed by atoms with E-state index in [0.29, 0.717) is 12.2 Å². The van der Waals surface area contributed by atoms with Gasteiger partial charge in [-0.25, -0.2) is 4.39 Å². The SMILES string of the molecule is NC(CNc1cccc(F)c1)CC(=O)O. The average Bonchev–Trinajstić information content (AvgIpc) is 2.14. The molecule has 1 atom stereocenters. The van der Waals surface area contributed by atoms with Crippen molar-refractivity contribution in [3.63, 3.8) is 0 Å². The highest BCUT2D eigenvalue weighted by Crippen LogP contribution is 2.08. The maximum absolute atomic E-state index is 12.7. The highest BCUT2D eigenvalue weighted by molar-refractivity contribution is 5.67. The Morgan fingerprint density at radius 2 is 2.33 bits per heavy atom. The molecule has 0 aliphatic heterocycles. The molecule has 0 aliphatic rings. The number of carbonyl (C=O) groups is 1. The van der Waals surface area contributed by atoms with Crippen molar-refractivity contribution in [3.8, 4) is 0 Å². The number of nitrogens with one attached hydrogen (secondary N) is 1. The lowest BCUT2D eigenvalue weighted by molar-refractivity contribution is -0.137. The van der Waals surface area contributed by atoms with Crippen molar-refractivity contribution in [2.24, 2.45) is 5.73 Å². The summed E-state index contributed by atoms with van der Waals surface area (Å²) >= 11 is 0. The van der Waals surface area contributed by atoms with Crippen molar-refractivity contribution in [2.75, 3.05) is 11.9 Å². The van der Waals surface area contributed by atoms with E-state index in [1.165, 1.54) is 12.1 Å². The Morgan fingerprint density at radius 1 is 1.60 bits per heavy atom. The van der Waals surface area contributed by atoms with E-state index in [0.717, 1.165) is 0 Å². The van der Waals surface area contributed by atoms with Crippen LogP contribution in [-0.4, -0.2) is 23.7 Å². The Bertz CT molecular complexity index is 344. The fourth-order valence-corrected chi connectivity index (χ4v) is 1.14. The second kappa shape index (κ2) is 5.31. The fourth-order valence-electron chi connectivity index (χ4n) is 1.14. The van der Waals surface area contributed by atoms with Crippen LogP contribution >= 0.6 is 0 Å². The van der Waals surface area contributed by atoms with Crippen molar-refractivity contribution in [3.05, 3.63) is 30.1 Å². The molecule has 4 nitrogen and oxygen atoms in total. The van der Waals surface area contributed by atoms with Crippen molar-refractivity contribution >= 4 is 11.7 Å². The van der Waals surface area contributed by atoms with Gasteiger partial charge in [0.25, 0.3) is 0 Å². The maximum Gasteiger partial charge on any atom is 0.304 e. The quantitative estimate of drug-likeness (QED) is 0.681. The second-order valence-corrected chi connectivity index (χ2v) is 3.25. The third kappa shape index (κ3) is 4.42. The molecular formula is C10H13FN2O2. The van der Waals surface area contributed by atoms with Crippen molar-refractivity contribution in [1.29, 1.82) is 0 Å². The van der Waals surface area contributed by atoms with Gasteiger partial charge in [-0.1, -0.05) is 6.07 Å². The summed E-state index contributed by atoms with van der Waals surface area (Å²) in [6.45, 7) is 0.301. The molecule has 0 saturated heterocycles. The third-order valence-electron chi connectivity index (χ3n) is 1.83. The predicted octanol–water partition coefficient (Wildman–Crippen LogP) is 1.04. The molecule has 82 valence electrons. The minimum absolute atomic E-state index is 0.109. The Morgan fingerprint density at radius 3 is 2.93 bits per heavy atom. The molecule has 1 unspecified atom stereocenters. The van der Waals surface area contributed by atoms with Crippen LogP contribution in [0.25, 0.3) is 0 Å². The molecule has 0 spiro atoms. The highest BCUT2D eigenvalue weighted by atomic mass is 19.1. The fraction of sp³-hybridized carbons (Fsp3) is 0.300. The Balaban J connectivity index is 2.40. The summed E-state index contributed by atoms with van der Waals surface area (Å²) in [5.74, 6) is -1.28. The first-order valence-electron chi connectivity index (χ1n) is 4.55. The second-order valence-electron chi connectivity index (χ2n) is 3.25. The molecular weight excluding hydrogens is 199 g/mol. The van der Waals surface area contributed by atoms with Crippen LogP contribution in [0.1, 0.15) is 6.42 Å². The van der Waals surface area contributed by atoms with E-state index < -0.39 is 12.0 Å². The number of hydrogen-bond acceptors (Lipinski definition) is 3. The minimum atomic E-state index is -0.941. The zero-order valence-corrected chi connectivity index (χ0v) is 8.11. The molecule has 0 fully saturated rings. The standard InChI is InChI=1S/C10H13FN2O2/c11-7-2-1-3-9(4-7)13-6-8(12)5-10(14)15/h1-4,8,13H,5-6,12H2,(H,14,15). The number of hydrogen-bond donors (Lipinski definition) is 3. The number of anilines is 1. The van der Waals surface area contributed by atoms with Crippen LogP contribution in [0.15, 0.2) is 24.3 Å². The molecule has 1 aromatic carbocycles. The van der Waals surface area contributed by atoms with Crippen molar-refractivity contribution in [2.45, 2.75) is 12.5 Å². The van der Waals surface area contributed by atoms with Crippen LogP contribution < -0.4 is 11.1 Å². The Labute approximate surface area is 86.9 Å². The third-order valence-corrected chi connectivity index (χ3v) is 1.83. The van der Waals surface area contributed by atoms with E-state index in [2.05, 4.69) is 5.32 Å². The maximum atomic E-state index is 12.7. The molecule has 1 rings (SSSR count). The molecule has 0 heterocycles. The zero-order chi connectivity index (χ0) is 11.3. The van der Waals surface area contributed by atoms with Gasteiger partial charge in [0.1, 0.15) is 5.82 Å². The summed E-state index contributed by atoms with van der Waals surface area (Å²) in [6, 6.07) is 5.44. The molecule has 4 N–H and O–H groups in total. The monoisotopic (exact) mass is 212 g/mol. The van der Waals surface area contributed by atoms with Gasteiger partial charge in [0.2, 0.25) is 0 Å². The van der Waals surface area contributed by atoms with Gasteiger partial charge in [0, 0.05) is 18.3 Å². The van der Waals surface area contributed by atoms with Crippen molar-refractivity contribution < 1.29 is 14.3 Å². The highest BCUT2D eigenvalue weighted by Gasteiger charge is 2.07. The summed E-state index contributed by atoms with van der Waals surface area (Å²) in [7, 11) is 0. The van der Waals surface area contributed by atoms with Gasteiger partial charge < -0.3 is 16.2 Å². The van der Waals surface area contributed by atoms with Crippen LogP contribution in [0, 0.1) is 5.82 Å². The summed E-state index contributed by atoms with van der Waals surface area (Å²) in [5.41, 5.74) is 6.12. The topological polar surface area (TPSA) is 75.3 Å². The number of benzene rings is 1. The van der Waals surface area contributed by atoms with Crippen LogP contribution in [-0.2, 0) is 4.79 Å². The first kappa shape index (κ1) is 11.5. The number of carboxylic acids is 1. The molecule has 0 bridgehead atoms. The lowest BCUT2D eigenvalue weighted by Crippen LogP contribution is -2.31. The van der Waals surface area contributed by atoms with Gasteiger partial charge in [-0.2, -0.15) is 0 Å². The Hall–Kier alpha value is -1.62. The van der Waals surface area contributed by atoms with Crippen LogP contribution in [0.5, 0.6) is 0 Å². The zero-order valence-electron chi connectivity index (χ0n) is 8.11. The smallest absolute Gasteiger partial charge is 0.304 e. The van der Waals surface area contributed by atoms with Gasteiger partial charge in [0.05, 0.1) is 6.42 Å². The molecule has 0 aliphatic carbocycles. The van der Waals surface area contributed by atoms with E-state index in [1.54, 1.807) is 12.1 Å². The first-order chi connectivity index (χ1) is 7.08. The van der Waals surface area contributed by atoms with Gasteiger partial charge >= 0.3 is 5.97 Å². The van der Waals surface area contributed by atoms with Gasteiger partial charge in [0.15, 0.2) is 0 Å². The molecule has 1 aromatic rings. The number of halogens is 1. The van der Waals surface area contributed by atoms with Gasteiger partial charge in [-0.05, 0) is 18.2 Å². The molecule has 0 amide bonds. The van der Waals surface area contributed by atoms with Crippen LogP contribution in [0.4, 0.5) is 10.1 Å². The summed E-state index contributed by atoms with van der Waals surface area (Å²) in [4.78, 5) is 10.3. The van der Waals surface area contributed by atoms with Gasteiger partial charge in [-0.3, -0.25) is 4.79 Å². The van der Waals surface area contributed by atoms with Crippen LogP contribution in [0.3, 0.4) is 0 Å². The van der Waals surface area contributed by atoms with E-state index in [4.69, 9.17) is 10.8 Å². The average molecular weight is 212 g/mol. The molecule has 0 saturated carbocycles. The van der Waals surface area contributed by atoms with E-state index in [1.807, 2.05) is 0 Å². The number of nitrogens with two attached hydrogens (primary N) is 1. The van der Waals surface area contributed by atoms with Gasteiger partial charge in [-0.15, -0.1) is 0 Å². The molecule has 0 radical (unpaired) electrons. The number of carboxylic acid groups (broad SMARTS) is 1. The normalized spacial score (nSPS) is 12.1. The number of rotatable bonds is 5. The molecule has 5 heteroatoms. The number of aliphatic carboxylic acids is 1. The molecule has 15 heavy (non-hydrogen) atoms. The Kier molecular flexibility index (Phi) is 4.05. The van der Waals surface area contributed by atoms with E-state index in [-0.39, 0.29) is 12.2 Å². The minimum Gasteiger partial charge on any atom is -0.481 e. The van der Waals surface area contributed by atoms with E-state index >= 15 is 0 Å². The molecule has 0 aromatic heterocycles. The predicted molar refractivity (Wildman–Crippen MR) is 55.1 cm³/mol. The lowest BCUT2D eigenvalue weighted by atomic mass is 10.2.